The van der Waals surface area contributed by atoms with Gasteiger partial charge in [0.05, 0.1) is 28.9 Å². The molecule has 7 heteroatoms. The number of aromatic nitrogens is 3. The number of rotatable bonds is 2. The molecule has 2 aliphatic rings. The molecule has 7 nitrogen and oxygen atoms in total. The van der Waals surface area contributed by atoms with E-state index >= 15 is 0 Å². The average molecular weight is 406 g/mol. The van der Waals surface area contributed by atoms with Crippen molar-refractivity contribution in [1.29, 1.82) is 0 Å². The van der Waals surface area contributed by atoms with Crippen LogP contribution < -0.4 is 0 Å². The fraction of sp³-hybridized carbons (Fsp3) is 0.435. The van der Waals surface area contributed by atoms with Crippen molar-refractivity contribution in [2.75, 3.05) is 26.7 Å². The molecule has 30 heavy (non-hydrogen) atoms. The number of imidazole rings is 1. The number of nitrogens with zero attached hydrogens (tertiary/aromatic N) is 5. The van der Waals surface area contributed by atoms with Crippen molar-refractivity contribution in [3.05, 3.63) is 59.4 Å². The molecule has 1 saturated heterocycles. The van der Waals surface area contributed by atoms with Gasteiger partial charge in [0, 0.05) is 31.7 Å². The number of benzene rings is 1. The first kappa shape index (κ1) is 19.1. The topological polar surface area (TPSA) is 67.4 Å². The average Bonchev–Trinajstić information content (AvgIpc) is 3.31. The summed E-state index contributed by atoms with van der Waals surface area (Å²) < 4.78 is 7.60. The molecule has 1 spiro atoms. The highest BCUT2D eigenvalue weighted by molar-refractivity contribution is 5.96. The maximum absolute atomic E-state index is 13.3. The normalized spacial score (nSPS) is 21.8. The fourth-order valence-electron chi connectivity index (χ4n) is 5.22. The van der Waals surface area contributed by atoms with Crippen LogP contribution in [-0.2, 0) is 12.1 Å². The molecule has 1 aromatic carbocycles. The summed E-state index contributed by atoms with van der Waals surface area (Å²) in [4.78, 5) is 22.5. The van der Waals surface area contributed by atoms with Crippen molar-refractivity contribution < 1.29 is 9.32 Å². The van der Waals surface area contributed by atoms with Gasteiger partial charge in [-0.3, -0.25) is 9.69 Å². The number of aryl methyl sites for hydroxylation is 2. The summed E-state index contributed by atoms with van der Waals surface area (Å²) in [5, 5.41) is 3.98. The van der Waals surface area contributed by atoms with E-state index in [1.165, 1.54) is 5.69 Å². The Balaban J connectivity index is 1.52. The fourth-order valence-corrected chi connectivity index (χ4v) is 5.22. The Bertz CT molecular complexity index is 1070. The molecule has 0 unspecified atom stereocenters. The van der Waals surface area contributed by atoms with Crippen LogP contribution in [0.1, 0.15) is 40.3 Å². The van der Waals surface area contributed by atoms with Gasteiger partial charge in [-0.25, -0.2) is 4.98 Å². The Morgan fingerprint density at radius 3 is 2.70 bits per heavy atom. The molecule has 2 aliphatic heterocycles. The van der Waals surface area contributed by atoms with E-state index in [0.717, 1.165) is 43.7 Å². The minimum atomic E-state index is -0.171. The summed E-state index contributed by atoms with van der Waals surface area (Å²) in [6, 6.07) is 10.3. The zero-order valence-corrected chi connectivity index (χ0v) is 17.8. The smallest absolute Gasteiger partial charge is 0.259 e. The van der Waals surface area contributed by atoms with E-state index in [0.29, 0.717) is 23.6 Å². The molecule has 0 N–H and O–H groups in total. The number of carbonyl (C=O) groups excluding carboxylic acids is 1. The van der Waals surface area contributed by atoms with Gasteiger partial charge in [0.2, 0.25) is 0 Å². The highest BCUT2D eigenvalue weighted by Crippen LogP contribution is 2.38. The van der Waals surface area contributed by atoms with Gasteiger partial charge >= 0.3 is 0 Å². The molecular formula is C23H27N5O2. The summed E-state index contributed by atoms with van der Waals surface area (Å²) in [6.07, 6.45) is 3.97. The molecule has 0 bridgehead atoms. The first-order valence-electron chi connectivity index (χ1n) is 10.5. The van der Waals surface area contributed by atoms with Gasteiger partial charge in [0.25, 0.3) is 5.91 Å². The lowest BCUT2D eigenvalue weighted by Crippen LogP contribution is -2.58. The molecule has 2 aromatic heterocycles. The first-order chi connectivity index (χ1) is 14.5. The highest BCUT2D eigenvalue weighted by atomic mass is 16.5. The van der Waals surface area contributed by atoms with Gasteiger partial charge < -0.3 is 14.0 Å². The van der Waals surface area contributed by atoms with E-state index in [2.05, 4.69) is 33.8 Å². The van der Waals surface area contributed by atoms with E-state index < -0.39 is 0 Å². The minimum absolute atomic E-state index is 0.0171. The standard InChI is InChI=1S/C23H27N5O2/c1-16-20(17(2)30-25-16)22(29)27-11-7-10-23(14-27)13-26(3)12-19-21(24-15-28(19)23)18-8-5-4-6-9-18/h4-6,8-9,15H,7,10-14H2,1-3H3/t23-/m0/s1. The summed E-state index contributed by atoms with van der Waals surface area (Å²) in [5.41, 5.74) is 4.49. The zero-order valence-electron chi connectivity index (χ0n) is 17.8. The lowest BCUT2D eigenvalue weighted by Gasteiger charge is -2.49. The second-order valence-electron chi connectivity index (χ2n) is 8.70. The van der Waals surface area contributed by atoms with Crippen molar-refractivity contribution >= 4 is 5.91 Å². The molecule has 0 saturated carbocycles. The maximum Gasteiger partial charge on any atom is 0.259 e. The van der Waals surface area contributed by atoms with Crippen LogP contribution in [0.3, 0.4) is 0 Å². The number of hydrogen-bond acceptors (Lipinski definition) is 5. The van der Waals surface area contributed by atoms with Crippen molar-refractivity contribution in [3.63, 3.8) is 0 Å². The van der Waals surface area contributed by atoms with Crippen LogP contribution in [0, 0.1) is 13.8 Å². The molecule has 1 amide bonds. The molecule has 0 radical (unpaired) electrons. The molecule has 0 aliphatic carbocycles. The number of likely N-dealkylation sites (N-methyl/N-ethyl adjacent to an activating group) is 1. The Morgan fingerprint density at radius 2 is 1.97 bits per heavy atom. The Hall–Kier alpha value is -2.93. The van der Waals surface area contributed by atoms with E-state index in [1.54, 1.807) is 6.92 Å². The van der Waals surface area contributed by atoms with Crippen LogP contribution in [0.25, 0.3) is 11.3 Å². The number of piperidine rings is 1. The summed E-state index contributed by atoms with van der Waals surface area (Å²) in [7, 11) is 2.15. The lowest BCUT2D eigenvalue weighted by molar-refractivity contribution is 0.0323. The molecule has 156 valence electrons. The van der Waals surface area contributed by atoms with Crippen molar-refractivity contribution in [2.45, 2.75) is 38.8 Å². The number of carbonyl (C=O) groups is 1. The third-order valence-corrected chi connectivity index (χ3v) is 6.50. The molecule has 1 atom stereocenters. The van der Waals surface area contributed by atoms with Crippen LogP contribution >= 0.6 is 0 Å². The molecule has 3 aromatic rings. The Kier molecular flexibility index (Phi) is 4.50. The molecule has 5 rings (SSSR count). The third-order valence-electron chi connectivity index (χ3n) is 6.50. The van der Waals surface area contributed by atoms with Gasteiger partial charge in [-0.05, 0) is 33.7 Å². The summed E-state index contributed by atoms with van der Waals surface area (Å²) in [5.74, 6) is 0.607. The second kappa shape index (κ2) is 7.09. The van der Waals surface area contributed by atoms with Crippen molar-refractivity contribution in [3.8, 4) is 11.3 Å². The number of likely N-dealkylation sites (tertiary alicyclic amines) is 1. The van der Waals surface area contributed by atoms with Crippen molar-refractivity contribution in [1.82, 2.24) is 24.5 Å². The van der Waals surface area contributed by atoms with Crippen LogP contribution in [-0.4, -0.2) is 57.1 Å². The lowest BCUT2D eigenvalue weighted by atomic mass is 9.85. The van der Waals surface area contributed by atoms with Crippen LogP contribution in [0.15, 0.2) is 41.2 Å². The predicted molar refractivity (Wildman–Crippen MR) is 113 cm³/mol. The Morgan fingerprint density at radius 1 is 1.17 bits per heavy atom. The van der Waals surface area contributed by atoms with Gasteiger partial charge in [-0.1, -0.05) is 35.5 Å². The second-order valence-corrected chi connectivity index (χ2v) is 8.70. The minimum Gasteiger partial charge on any atom is -0.361 e. The molecular weight excluding hydrogens is 378 g/mol. The Labute approximate surface area is 176 Å². The number of fused-ring (bicyclic) bond motifs is 2. The maximum atomic E-state index is 13.3. The number of amides is 1. The SMILES string of the molecule is Cc1noc(C)c1C(=O)N1CCC[C@]2(CN(C)Cc3c(-c4ccccc4)ncn32)C1. The van der Waals surface area contributed by atoms with Gasteiger partial charge in [-0.2, -0.15) is 0 Å². The van der Waals surface area contributed by atoms with Crippen LogP contribution in [0.5, 0.6) is 0 Å². The quantitative estimate of drug-likeness (QED) is 0.655. The van der Waals surface area contributed by atoms with E-state index in [1.807, 2.05) is 36.4 Å². The predicted octanol–water partition coefficient (Wildman–Crippen LogP) is 3.23. The molecule has 4 heterocycles. The van der Waals surface area contributed by atoms with Crippen LogP contribution in [0.2, 0.25) is 0 Å². The van der Waals surface area contributed by atoms with E-state index in [9.17, 15) is 4.79 Å². The van der Waals surface area contributed by atoms with Gasteiger partial charge in [0.1, 0.15) is 11.3 Å². The molecule has 1 fully saturated rings. The van der Waals surface area contributed by atoms with E-state index in [4.69, 9.17) is 9.51 Å². The van der Waals surface area contributed by atoms with E-state index in [-0.39, 0.29) is 11.4 Å². The first-order valence-corrected chi connectivity index (χ1v) is 10.5. The summed E-state index contributed by atoms with van der Waals surface area (Å²) >= 11 is 0. The van der Waals surface area contributed by atoms with Gasteiger partial charge in [-0.15, -0.1) is 0 Å². The third kappa shape index (κ3) is 2.96. The monoisotopic (exact) mass is 405 g/mol. The highest BCUT2D eigenvalue weighted by Gasteiger charge is 2.44. The van der Waals surface area contributed by atoms with Crippen LogP contribution in [0.4, 0.5) is 0 Å². The zero-order chi connectivity index (χ0) is 20.9. The largest absolute Gasteiger partial charge is 0.361 e. The van der Waals surface area contributed by atoms with Crippen molar-refractivity contribution in [2.24, 2.45) is 0 Å². The van der Waals surface area contributed by atoms with Gasteiger partial charge in [0.15, 0.2) is 0 Å². The number of hydrogen-bond donors (Lipinski definition) is 0. The summed E-state index contributed by atoms with van der Waals surface area (Å²) in [6.45, 7) is 6.81.